The summed E-state index contributed by atoms with van der Waals surface area (Å²) in [6, 6.07) is 16.8. The first kappa shape index (κ1) is 34.6. The number of carbonyl (C=O) groups is 2. The van der Waals surface area contributed by atoms with Gasteiger partial charge in [0.2, 0.25) is 21.8 Å². The fourth-order valence-electron chi connectivity index (χ4n) is 5.36. The van der Waals surface area contributed by atoms with E-state index in [0.717, 1.165) is 56.1 Å². The topological polar surface area (TPSA) is 86.8 Å². The van der Waals surface area contributed by atoms with Crippen LogP contribution in [-0.2, 0) is 38.8 Å². The average Bonchev–Trinajstić information content (AvgIpc) is 2.99. The summed E-state index contributed by atoms with van der Waals surface area (Å²) in [5, 5.41) is 3.25. The maximum Gasteiger partial charge on any atom is 0.416 e. The summed E-state index contributed by atoms with van der Waals surface area (Å²) < 4.78 is 67.2. The molecule has 1 N–H and O–H groups in total. The molecular weight excluding hydrogens is 650 g/mol. The van der Waals surface area contributed by atoms with Gasteiger partial charge in [-0.2, -0.15) is 13.2 Å². The highest BCUT2D eigenvalue weighted by Crippen LogP contribution is 2.36. The number of sulfonamides is 1. The molecule has 242 valence electrons. The van der Waals surface area contributed by atoms with Crippen molar-refractivity contribution in [1.29, 1.82) is 0 Å². The number of amides is 2. The van der Waals surface area contributed by atoms with Gasteiger partial charge in [0, 0.05) is 24.0 Å². The summed E-state index contributed by atoms with van der Waals surface area (Å²) in [5.41, 5.74) is -0.259. The van der Waals surface area contributed by atoms with E-state index in [0.29, 0.717) is 21.0 Å². The van der Waals surface area contributed by atoms with E-state index in [-0.39, 0.29) is 24.0 Å². The Balaban J connectivity index is 1.76. The van der Waals surface area contributed by atoms with Crippen molar-refractivity contribution < 1.29 is 31.2 Å². The van der Waals surface area contributed by atoms with Crippen molar-refractivity contribution in [3.8, 4) is 0 Å². The van der Waals surface area contributed by atoms with Gasteiger partial charge in [0.15, 0.2) is 0 Å². The van der Waals surface area contributed by atoms with Crippen LogP contribution in [0.4, 0.5) is 18.9 Å². The van der Waals surface area contributed by atoms with Gasteiger partial charge in [-0.05, 0) is 54.3 Å². The van der Waals surface area contributed by atoms with Gasteiger partial charge < -0.3 is 10.2 Å². The first-order valence-corrected chi connectivity index (χ1v) is 17.1. The lowest BCUT2D eigenvalue weighted by Crippen LogP contribution is -2.55. The summed E-state index contributed by atoms with van der Waals surface area (Å²) in [4.78, 5) is 29.5. The van der Waals surface area contributed by atoms with E-state index in [2.05, 4.69) is 5.32 Å². The zero-order valence-corrected chi connectivity index (χ0v) is 26.9. The molecule has 1 atom stereocenters. The third kappa shape index (κ3) is 9.61. The van der Waals surface area contributed by atoms with Gasteiger partial charge in [-0.1, -0.05) is 84.9 Å². The molecule has 0 aromatic heterocycles. The van der Waals surface area contributed by atoms with Gasteiger partial charge in [0.25, 0.3) is 0 Å². The monoisotopic (exact) mass is 683 g/mol. The Bertz CT molecular complexity index is 1580. The number of rotatable bonds is 11. The van der Waals surface area contributed by atoms with Gasteiger partial charge in [0.1, 0.15) is 12.6 Å². The van der Waals surface area contributed by atoms with Gasteiger partial charge in [-0.3, -0.25) is 13.9 Å². The highest BCUT2D eigenvalue weighted by Gasteiger charge is 2.36. The maximum atomic E-state index is 14.2. The Hall–Kier alpha value is -3.28. The Morgan fingerprint density at radius 3 is 2.18 bits per heavy atom. The highest BCUT2D eigenvalue weighted by atomic mass is 35.5. The second-order valence-electron chi connectivity index (χ2n) is 11.1. The summed E-state index contributed by atoms with van der Waals surface area (Å²) in [6.07, 6.45) is 0.687. The highest BCUT2D eigenvalue weighted by molar-refractivity contribution is 7.92. The van der Waals surface area contributed by atoms with Crippen LogP contribution in [0, 0.1) is 0 Å². The largest absolute Gasteiger partial charge is 0.416 e. The molecule has 1 fully saturated rings. The molecule has 1 saturated carbocycles. The van der Waals surface area contributed by atoms with E-state index >= 15 is 0 Å². The fourth-order valence-corrected chi connectivity index (χ4v) is 6.61. The first-order valence-electron chi connectivity index (χ1n) is 14.4. The minimum absolute atomic E-state index is 0.0755. The molecule has 0 bridgehead atoms. The molecule has 0 saturated heterocycles. The van der Waals surface area contributed by atoms with Gasteiger partial charge in [-0.15, -0.1) is 0 Å². The minimum Gasteiger partial charge on any atom is -0.352 e. The molecule has 1 aliphatic carbocycles. The molecule has 0 radical (unpaired) electrons. The zero-order chi connectivity index (χ0) is 32.8. The Labute approximate surface area is 271 Å². The fraction of sp³-hybridized carbons (Fsp3) is 0.375. The minimum atomic E-state index is -4.79. The number of alkyl halides is 3. The van der Waals surface area contributed by atoms with Crippen molar-refractivity contribution in [2.45, 2.75) is 63.3 Å². The van der Waals surface area contributed by atoms with E-state index in [1.165, 1.54) is 4.90 Å². The van der Waals surface area contributed by atoms with Crippen molar-refractivity contribution in [3.63, 3.8) is 0 Å². The predicted molar refractivity (Wildman–Crippen MR) is 170 cm³/mol. The molecule has 45 heavy (non-hydrogen) atoms. The van der Waals surface area contributed by atoms with Crippen LogP contribution in [0.2, 0.25) is 10.0 Å². The quantitative estimate of drug-likeness (QED) is 0.239. The standard InChI is InChI=1S/C32H34Cl2F3N3O4S/c1-45(43,44)40(28-19-24(32(35,36)37)14-17-27(28)34)21-30(41)39(20-23-12-15-25(33)16-13-23)29(18-22-8-4-2-5-9-22)31(42)38-26-10-6-3-7-11-26/h2,4-5,8-9,12-17,19,26,29H,3,6-7,10-11,18,20-21H2,1H3,(H,38,42)/t29-/m0/s1. The lowest BCUT2D eigenvalue weighted by atomic mass is 9.94. The normalized spacial score (nSPS) is 14.9. The average molecular weight is 685 g/mol. The van der Waals surface area contributed by atoms with Crippen LogP contribution >= 0.6 is 23.2 Å². The summed E-state index contributed by atoms with van der Waals surface area (Å²) in [7, 11) is -4.32. The van der Waals surface area contributed by atoms with E-state index < -0.39 is 51.9 Å². The SMILES string of the molecule is CS(=O)(=O)N(CC(=O)N(Cc1ccc(Cl)cc1)[C@@H](Cc1ccccc1)C(=O)NC1CCCCC1)c1cc(C(F)(F)F)ccc1Cl. The molecular formula is C32H34Cl2F3N3O4S. The van der Waals surface area contributed by atoms with Crippen molar-refractivity contribution >= 4 is 50.7 Å². The Kier molecular flexibility index (Phi) is 11.4. The molecule has 0 aliphatic heterocycles. The third-order valence-electron chi connectivity index (χ3n) is 7.71. The van der Waals surface area contributed by atoms with Gasteiger partial charge in [0.05, 0.1) is 22.5 Å². The van der Waals surface area contributed by atoms with Gasteiger partial charge in [-0.25, -0.2) is 8.42 Å². The van der Waals surface area contributed by atoms with Crippen molar-refractivity contribution in [3.05, 3.63) is 99.5 Å². The Morgan fingerprint density at radius 1 is 0.933 bits per heavy atom. The van der Waals surface area contributed by atoms with Crippen LogP contribution in [0.25, 0.3) is 0 Å². The van der Waals surface area contributed by atoms with E-state index in [1.807, 2.05) is 18.2 Å². The molecule has 3 aromatic carbocycles. The van der Waals surface area contributed by atoms with Crippen molar-refractivity contribution in [2.24, 2.45) is 0 Å². The lowest BCUT2D eigenvalue weighted by molar-refractivity contribution is -0.140. The van der Waals surface area contributed by atoms with Crippen LogP contribution in [0.3, 0.4) is 0 Å². The number of hydrogen-bond acceptors (Lipinski definition) is 4. The molecule has 2 amide bonds. The molecule has 0 spiro atoms. The number of anilines is 1. The zero-order valence-electron chi connectivity index (χ0n) is 24.6. The summed E-state index contributed by atoms with van der Waals surface area (Å²) in [5.74, 6) is -1.21. The van der Waals surface area contributed by atoms with Crippen LogP contribution in [0.1, 0.15) is 48.8 Å². The van der Waals surface area contributed by atoms with Crippen LogP contribution in [0.5, 0.6) is 0 Å². The van der Waals surface area contributed by atoms with E-state index in [9.17, 15) is 31.2 Å². The first-order chi connectivity index (χ1) is 21.2. The number of halogens is 5. The second-order valence-corrected chi connectivity index (χ2v) is 13.9. The smallest absolute Gasteiger partial charge is 0.352 e. The molecule has 3 aromatic rings. The van der Waals surface area contributed by atoms with Crippen molar-refractivity contribution in [1.82, 2.24) is 10.2 Å². The van der Waals surface area contributed by atoms with Crippen LogP contribution in [-0.4, -0.2) is 50.0 Å². The number of nitrogens with zero attached hydrogens (tertiary/aromatic N) is 2. The number of nitrogens with one attached hydrogen (secondary N) is 1. The third-order valence-corrected chi connectivity index (χ3v) is 9.41. The molecule has 4 rings (SSSR count). The number of carbonyl (C=O) groups excluding carboxylic acids is 2. The van der Waals surface area contributed by atoms with Crippen LogP contribution < -0.4 is 9.62 Å². The lowest BCUT2D eigenvalue weighted by Gasteiger charge is -2.35. The molecule has 13 heteroatoms. The predicted octanol–water partition coefficient (Wildman–Crippen LogP) is 6.87. The molecule has 1 aliphatic rings. The second kappa shape index (κ2) is 14.9. The maximum absolute atomic E-state index is 14.2. The molecule has 0 unspecified atom stereocenters. The number of benzene rings is 3. The summed E-state index contributed by atoms with van der Waals surface area (Å²) in [6.45, 7) is -0.991. The number of hydrogen-bond donors (Lipinski definition) is 1. The molecule has 7 nitrogen and oxygen atoms in total. The van der Waals surface area contributed by atoms with E-state index in [1.54, 1.807) is 36.4 Å². The van der Waals surface area contributed by atoms with E-state index in [4.69, 9.17) is 23.2 Å². The van der Waals surface area contributed by atoms with Crippen LogP contribution in [0.15, 0.2) is 72.8 Å². The summed E-state index contributed by atoms with van der Waals surface area (Å²) >= 11 is 12.3. The Morgan fingerprint density at radius 2 is 1.58 bits per heavy atom. The van der Waals surface area contributed by atoms with Crippen molar-refractivity contribution in [2.75, 3.05) is 17.1 Å². The molecule has 0 heterocycles. The van der Waals surface area contributed by atoms with Gasteiger partial charge >= 0.3 is 6.18 Å².